The molecule has 100 valence electrons. The van der Waals surface area contributed by atoms with Gasteiger partial charge in [-0.3, -0.25) is 0 Å². The third-order valence-corrected chi connectivity index (χ3v) is 4.42. The van der Waals surface area contributed by atoms with Crippen LogP contribution in [0.25, 0.3) is 0 Å². The Balaban J connectivity index is 1.76. The zero-order chi connectivity index (χ0) is 12.1. The number of nitrogens with one attached hydrogen (secondary N) is 1. The van der Waals surface area contributed by atoms with E-state index in [4.69, 9.17) is 0 Å². The summed E-state index contributed by atoms with van der Waals surface area (Å²) in [4.78, 5) is 5.06. The van der Waals surface area contributed by atoms with Gasteiger partial charge in [-0.2, -0.15) is 0 Å². The van der Waals surface area contributed by atoms with E-state index < -0.39 is 0 Å². The number of hydrogen-bond donors (Lipinski definition) is 1. The maximum absolute atomic E-state index is 3.65. The summed E-state index contributed by atoms with van der Waals surface area (Å²) in [5.41, 5.74) is 0. The van der Waals surface area contributed by atoms with Crippen molar-refractivity contribution in [3.63, 3.8) is 0 Å². The van der Waals surface area contributed by atoms with Crippen LogP contribution in [0.1, 0.15) is 38.5 Å². The molecule has 1 saturated heterocycles. The lowest BCUT2D eigenvalue weighted by atomic mass is 10.1. The van der Waals surface area contributed by atoms with Crippen molar-refractivity contribution >= 4 is 0 Å². The maximum Gasteiger partial charge on any atom is 0.0323 e. The molecule has 2 aliphatic rings. The van der Waals surface area contributed by atoms with Gasteiger partial charge in [0.25, 0.3) is 0 Å². The highest BCUT2D eigenvalue weighted by Crippen LogP contribution is 2.21. The monoisotopic (exact) mass is 239 g/mol. The van der Waals surface area contributed by atoms with E-state index in [0.29, 0.717) is 6.04 Å². The molecule has 3 nitrogen and oxygen atoms in total. The highest BCUT2D eigenvalue weighted by atomic mass is 15.2. The fourth-order valence-electron chi connectivity index (χ4n) is 3.31. The molecule has 1 aliphatic carbocycles. The Morgan fingerprint density at radius 2 is 1.88 bits per heavy atom. The molecule has 17 heavy (non-hydrogen) atoms. The van der Waals surface area contributed by atoms with Gasteiger partial charge in [0.15, 0.2) is 0 Å². The van der Waals surface area contributed by atoms with Crippen molar-refractivity contribution in [2.75, 3.05) is 40.3 Å². The molecule has 0 spiro atoms. The van der Waals surface area contributed by atoms with Gasteiger partial charge in [0.05, 0.1) is 0 Å². The van der Waals surface area contributed by atoms with Gasteiger partial charge < -0.3 is 15.1 Å². The van der Waals surface area contributed by atoms with Crippen LogP contribution < -0.4 is 5.32 Å². The molecule has 0 aromatic carbocycles. The topological polar surface area (TPSA) is 18.5 Å². The fourth-order valence-corrected chi connectivity index (χ4v) is 3.31. The summed E-state index contributed by atoms with van der Waals surface area (Å²) in [6, 6.07) is 1.51. The first kappa shape index (κ1) is 13.3. The number of piperazine rings is 1. The summed E-state index contributed by atoms with van der Waals surface area (Å²) in [6.07, 6.45) is 8.61. The van der Waals surface area contributed by atoms with Gasteiger partial charge in [-0.15, -0.1) is 0 Å². The molecule has 1 unspecified atom stereocenters. The standard InChI is InChI=1S/C14H29N3/c1-16-10-9-15-13(11-16)12-17(2)14-7-5-3-4-6-8-14/h13-15H,3-12H2,1-2H3. The first-order valence-corrected chi connectivity index (χ1v) is 7.38. The summed E-state index contributed by atoms with van der Waals surface area (Å²) >= 11 is 0. The minimum atomic E-state index is 0.669. The van der Waals surface area contributed by atoms with E-state index in [1.165, 1.54) is 58.2 Å². The molecular formula is C14H29N3. The third-order valence-electron chi connectivity index (χ3n) is 4.42. The highest BCUT2D eigenvalue weighted by molar-refractivity contribution is 4.82. The van der Waals surface area contributed by atoms with Crippen LogP contribution in [0.2, 0.25) is 0 Å². The van der Waals surface area contributed by atoms with Gasteiger partial charge in [-0.05, 0) is 26.9 Å². The van der Waals surface area contributed by atoms with Crippen molar-refractivity contribution in [1.82, 2.24) is 15.1 Å². The maximum atomic E-state index is 3.65. The zero-order valence-electron chi connectivity index (χ0n) is 11.6. The number of hydrogen-bond acceptors (Lipinski definition) is 3. The molecule has 0 bridgehead atoms. The minimum absolute atomic E-state index is 0.669. The molecule has 1 saturated carbocycles. The van der Waals surface area contributed by atoms with Gasteiger partial charge >= 0.3 is 0 Å². The van der Waals surface area contributed by atoms with Crippen LogP contribution in [0.4, 0.5) is 0 Å². The molecule has 2 rings (SSSR count). The van der Waals surface area contributed by atoms with Crippen LogP contribution in [0, 0.1) is 0 Å². The second-order valence-electron chi connectivity index (χ2n) is 6.00. The first-order valence-electron chi connectivity index (χ1n) is 7.38. The van der Waals surface area contributed by atoms with Gasteiger partial charge in [0, 0.05) is 38.3 Å². The first-order chi connectivity index (χ1) is 8.25. The SMILES string of the molecule is CN1CCNC(CN(C)C2CCCCCC2)C1. The second kappa shape index (κ2) is 6.72. The molecule has 2 fully saturated rings. The van der Waals surface area contributed by atoms with Crippen molar-refractivity contribution in [3.8, 4) is 0 Å². The molecule has 1 aliphatic heterocycles. The Labute approximate surface area is 107 Å². The van der Waals surface area contributed by atoms with E-state index in [0.717, 1.165) is 12.6 Å². The smallest absolute Gasteiger partial charge is 0.0323 e. The molecule has 1 heterocycles. The highest BCUT2D eigenvalue weighted by Gasteiger charge is 2.22. The van der Waals surface area contributed by atoms with Crippen molar-refractivity contribution in [2.45, 2.75) is 50.6 Å². The predicted octanol–water partition coefficient (Wildman–Crippen LogP) is 1.54. The average molecular weight is 239 g/mol. The largest absolute Gasteiger partial charge is 0.310 e. The Morgan fingerprint density at radius 3 is 2.53 bits per heavy atom. The fraction of sp³-hybridized carbons (Fsp3) is 1.00. The molecule has 1 N–H and O–H groups in total. The van der Waals surface area contributed by atoms with Crippen LogP contribution in [0.3, 0.4) is 0 Å². The summed E-state index contributed by atoms with van der Waals surface area (Å²) in [5, 5.41) is 3.65. The van der Waals surface area contributed by atoms with E-state index in [1.807, 2.05) is 0 Å². The van der Waals surface area contributed by atoms with Crippen molar-refractivity contribution < 1.29 is 0 Å². The summed E-state index contributed by atoms with van der Waals surface area (Å²) in [6.45, 7) is 4.77. The lowest BCUT2D eigenvalue weighted by Gasteiger charge is -2.36. The number of rotatable bonds is 3. The van der Waals surface area contributed by atoms with Gasteiger partial charge in [-0.1, -0.05) is 25.7 Å². The Morgan fingerprint density at radius 1 is 1.18 bits per heavy atom. The van der Waals surface area contributed by atoms with E-state index in [1.54, 1.807) is 0 Å². The molecule has 0 aromatic rings. The summed E-state index contributed by atoms with van der Waals surface area (Å²) in [5.74, 6) is 0. The summed E-state index contributed by atoms with van der Waals surface area (Å²) in [7, 11) is 4.56. The van der Waals surface area contributed by atoms with E-state index in [2.05, 4.69) is 29.2 Å². The van der Waals surface area contributed by atoms with Crippen LogP contribution in [0.5, 0.6) is 0 Å². The zero-order valence-corrected chi connectivity index (χ0v) is 11.6. The van der Waals surface area contributed by atoms with Crippen molar-refractivity contribution in [1.29, 1.82) is 0 Å². The van der Waals surface area contributed by atoms with Crippen molar-refractivity contribution in [3.05, 3.63) is 0 Å². The lowest BCUT2D eigenvalue weighted by Crippen LogP contribution is -2.54. The Bertz CT molecular complexity index is 212. The second-order valence-corrected chi connectivity index (χ2v) is 6.00. The quantitative estimate of drug-likeness (QED) is 0.754. The number of nitrogens with zero attached hydrogens (tertiary/aromatic N) is 2. The van der Waals surface area contributed by atoms with Crippen LogP contribution in [0.15, 0.2) is 0 Å². The van der Waals surface area contributed by atoms with Gasteiger partial charge in [0.2, 0.25) is 0 Å². The Hall–Kier alpha value is -0.120. The van der Waals surface area contributed by atoms with Crippen molar-refractivity contribution in [2.24, 2.45) is 0 Å². The van der Waals surface area contributed by atoms with Gasteiger partial charge in [-0.25, -0.2) is 0 Å². The van der Waals surface area contributed by atoms with Crippen LogP contribution in [-0.4, -0.2) is 62.2 Å². The number of likely N-dealkylation sites (N-methyl/N-ethyl adjacent to an activating group) is 2. The average Bonchev–Trinajstić information content (AvgIpc) is 2.57. The van der Waals surface area contributed by atoms with E-state index in [9.17, 15) is 0 Å². The third kappa shape index (κ3) is 4.23. The molecule has 0 radical (unpaired) electrons. The molecule has 3 heteroatoms. The molecule has 0 amide bonds. The lowest BCUT2D eigenvalue weighted by molar-refractivity contribution is 0.158. The normalized spacial score (nSPS) is 29.5. The van der Waals surface area contributed by atoms with Crippen LogP contribution in [-0.2, 0) is 0 Å². The van der Waals surface area contributed by atoms with E-state index >= 15 is 0 Å². The summed E-state index contributed by atoms with van der Waals surface area (Å²) < 4.78 is 0. The van der Waals surface area contributed by atoms with E-state index in [-0.39, 0.29) is 0 Å². The Kier molecular flexibility index (Phi) is 5.26. The minimum Gasteiger partial charge on any atom is -0.310 e. The predicted molar refractivity (Wildman–Crippen MR) is 73.4 cm³/mol. The molecular weight excluding hydrogens is 210 g/mol. The molecule has 0 aromatic heterocycles. The van der Waals surface area contributed by atoms with Gasteiger partial charge in [0.1, 0.15) is 0 Å². The molecule has 1 atom stereocenters. The van der Waals surface area contributed by atoms with Crippen LogP contribution >= 0.6 is 0 Å².